The van der Waals surface area contributed by atoms with Gasteiger partial charge in [-0.3, -0.25) is 0 Å². The highest BCUT2D eigenvalue weighted by atomic mass is 16.5. The van der Waals surface area contributed by atoms with Crippen molar-refractivity contribution in [2.45, 2.75) is 6.10 Å². The predicted molar refractivity (Wildman–Crippen MR) is 61.3 cm³/mol. The van der Waals surface area contributed by atoms with Crippen LogP contribution in [0.5, 0.6) is 0 Å². The van der Waals surface area contributed by atoms with Crippen LogP contribution >= 0.6 is 0 Å². The number of ether oxygens (including phenoxy) is 1. The molecule has 3 rings (SSSR count). The first-order chi connectivity index (χ1) is 7.43. The number of allylic oxidation sites excluding steroid dienone is 2. The number of hydrogen-bond donors (Lipinski definition) is 0. The minimum absolute atomic E-state index is 0.155. The normalized spacial score (nSPS) is 26.4. The molecule has 74 valence electrons. The fourth-order valence-corrected chi connectivity index (χ4v) is 2.02. The quantitative estimate of drug-likeness (QED) is 0.608. The summed E-state index contributed by atoms with van der Waals surface area (Å²) in [7, 11) is 0. The zero-order valence-electron chi connectivity index (χ0n) is 8.34. The lowest BCUT2D eigenvalue weighted by Crippen LogP contribution is -2.23. The molecule has 0 radical (unpaired) electrons. The van der Waals surface area contributed by atoms with E-state index in [1.807, 2.05) is 18.4 Å². The third-order valence-electron chi connectivity index (χ3n) is 2.84. The van der Waals surface area contributed by atoms with Crippen molar-refractivity contribution in [1.82, 2.24) is 0 Å². The molecule has 1 heteroatoms. The van der Waals surface area contributed by atoms with Crippen LogP contribution in [-0.4, -0.2) is 6.10 Å². The van der Waals surface area contributed by atoms with Gasteiger partial charge in [0.15, 0.2) is 0 Å². The molecule has 0 fully saturated rings. The van der Waals surface area contributed by atoms with Gasteiger partial charge in [0.2, 0.25) is 0 Å². The largest absolute Gasteiger partial charge is 0.492 e. The van der Waals surface area contributed by atoms with Crippen molar-refractivity contribution in [2.75, 3.05) is 0 Å². The van der Waals surface area contributed by atoms with Crippen LogP contribution < -0.4 is 10.4 Å². The third kappa shape index (κ3) is 1.50. The fraction of sp³-hybridized carbons (Fsp3) is 0.143. The molecule has 1 aromatic rings. The first kappa shape index (κ1) is 8.54. The Morgan fingerprint density at radius 1 is 0.933 bits per heavy atom. The van der Waals surface area contributed by atoms with Crippen molar-refractivity contribution in [3.8, 4) is 0 Å². The lowest BCUT2D eigenvalue weighted by molar-refractivity contribution is 0.206. The zero-order chi connectivity index (χ0) is 10.1. The lowest BCUT2D eigenvalue weighted by Gasteiger charge is -2.19. The number of fused-ring (bicyclic) bond motifs is 2. The monoisotopic (exact) mass is 196 g/mol. The van der Waals surface area contributed by atoms with Gasteiger partial charge in [-0.25, -0.2) is 0 Å². The summed E-state index contributed by atoms with van der Waals surface area (Å²) in [6.45, 7) is 0. The average Bonchev–Trinajstić information content (AvgIpc) is 2.48. The summed E-state index contributed by atoms with van der Waals surface area (Å²) >= 11 is 0. The molecule has 2 unspecified atom stereocenters. The Labute approximate surface area is 88.7 Å². The van der Waals surface area contributed by atoms with E-state index in [2.05, 4.69) is 42.5 Å². The highest BCUT2D eigenvalue weighted by molar-refractivity contribution is 5.40. The standard InChI is InChI=1S/C14H12O/c1-2-7-13-10-15-14-8-4-3-6-12(14)9-11(13)5-1/h1-10,12,14H. The molecule has 1 heterocycles. The molecule has 0 N–H and O–H groups in total. The molecule has 0 spiro atoms. The average molecular weight is 196 g/mol. The molecule has 0 amide bonds. The van der Waals surface area contributed by atoms with E-state index in [0.29, 0.717) is 5.92 Å². The maximum Gasteiger partial charge on any atom is 0.126 e. The van der Waals surface area contributed by atoms with Crippen LogP contribution in [0.2, 0.25) is 0 Å². The van der Waals surface area contributed by atoms with Crippen LogP contribution in [-0.2, 0) is 4.74 Å². The minimum atomic E-state index is 0.155. The van der Waals surface area contributed by atoms with Crippen LogP contribution in [0.3, 0.4) is 0 Å². The van der Waals surface area contributed by atoms with Crippen LogP contribution in [0.4, 0.5) is 0 Å². The summed E-state index contributed by atoms with van der Waals surface area (Å²) in [5.74, 6) is 0.356. The topological polar surface area (TPSA) is 9.23 Å². The Morgan fingerprint density at radius 2 is 1.73 bits per heavy atom. The van der Waals surface area contributed by atoms with Gasteiger partial charge in [0, 0.05) is 11.1 Å². The lowest BCUT2D eigenvalue weighted by atomic mass is 9.96. The molecule has 2 atom stereocenters. The highest BCUT2D eigenvalue weighted by Gasteiger charge is 2.17. The molecule has 1 nitrogen and oxygen atoms in total. The maximum atomic E-state index is 5.74. The number of benzene rings is 1. The third-order valence-corrected chi connectivity index (χ3v) is 2.84. The summed E-state index contributed by atoms with van der Waals surface area (Å²) in [5, 5.41) is 2.42. The summed E-state index contributed by atoms with van der Waals surface area (Å²) in [6.07, 6.45) is 12.7. The highest BCUT2D eigenvalue weighted by Crippen LogP contribution is 2.18. The van der Waals surface area contributed by atoms with Crippen LogP contribution in [0.1, 0.15) is 0 Å². The summed E-state index contributed by atoms with van der Waals surface area (Å²) in [4.78, 5) is 0. The Morgan fingerprint density at radius 3 is 2.67 bits per heavy atom. The maximum absolute atomic E-state index is 5.74. The second-order valence-corrected chi connectivity index (χ2v) is 3.86. The molecule has 1 aromatic carbocycles. The molecule has 1 aliphatic carbocycles. The fourth-order valence-electron chi connectivity index (χ4n) is 2.02. The van der Waals surface area contributed by atoms with E-state index in [1.165, 1.54) is 5.22 Å². The van der Waals surface area contributed by atoms with Gasteiger partial charge in [-0.1, -0.05) is 48.6 Å². The van der Waals surface area contributed by atoms with E-state index in [4.69, 9.17) is 4.74 Å². The van der Waals surface area contributed by atoms with E-state index in [-0.39, 0.29) is 6.10 Å². The molecule has 0 saturated carbocycles. The second-order valence-electron chi connectivity index (χ2n) is 3.86. The Bertz CT molecular complexity index is 537. The van der Waals surface area contributed by atoms with Crippen molar-refractivity contribution in [2.24, 2.45) is 5.92 Å². The van der Waals surface area contributed by atoms with E-state index >= 15 is 0 Å². The first-order valence-electron chi connectivity index (χ1n) is 5.21. The molecule has 0 bridgehead atoms. The van der Waals surface area contributed by atoms with E-state index in [1.54, 1.807) is 0 Å². The van der Waals surface area contributed by atoms with Crippen molar-refractivity contribution in [1.29, 1.82) is 0 Å². The van der Waals surface area contributed by atoms with Gasteiger partial charge in [-0.2, -0.15) is 0 Å². The molecule has 0 saturated heterocycles. The van der Waals surface area contributed by atoms with Gasteiger partial charge >= 0.3 is 0 Å². The van der Waals surface area contributed by atoms with Crippen LogP contribution in [0, 0.1) is 5.92 Å². The van der Waals surface area contributed by atoms with Crippen molar-refractivity contribution < 1.29 is 4.74 Å². The number of rotatable bonds is 0. The summed E-state index contributed by atoms with van der Waals surface area (Å²) in [6, 6.07) is 8.30. The molecule has 2 aliphatic rings. The van der Waals surface area contributed by atoms with Crippen LogP contribution in [0.15, 0.2) is 48.6 Å². The minimum Gasteiger partial charge on any atom is -0.492 e. The predicted octanol–water partition coefficient (Wildman–Crippen LogP) is 1.35. The van der Waals surface area contributed by atoms with Gasteiger partial charge < -0.3 is 4.74 Å². The Balaban J connectivity index is 2.19. The molecule has 15 heavy (non-hydrogen) atoms. The summed E-state index contributed by atoms with van der Waals surface area (Å²) < 4.78 is 5.74. The first-order valence-corrected chi connectivity index (χ1v) is 5.21. The smallest absolute Gasteiger partial charge is 0.126 e. The second kappa shape index (κ2) is 3.43. The van der Waals surface area contributed by atoms with E-state index in [0.717, 1.165) is 5.22 Å². The van der Waals surface area contributed by atoms with Gasteiger partial charge in [0.25, 0.3) is 0 Å². The van der Waals surface area contributed by atoms with Crippen LogP contribution in [0.25, 0.3) is 12.3 Å². The van der Waals surface area contributed by atoms with Crippen molar-refractivity contribution in [3.63, 3.8) is 0 Å². The molecular weight excluding hydrogens is 184 g/mol. The van der Waals surface area contributed by atoms with Gasteiger partial charge in [-0.15, -0.1) is 0 Å². The Kier molecular flexibility index (Phi) is 1.95. The molecule has 0 aromatic heterocycles. The summed E-state index contributed by atoms with van der Waals surface area (Å²) in [5.41, 5.74) is 0. The van der Waals surface area contributed by atoms with Crippen molar-refractivity contribution >= 4 is 12.3 Å². The SMILES string of the molecule is C1=CC2C=c3ccccc3=COC2C=C1. The Hall–Kier alpha value is -1.76. The van der Waals surface area contributed by atoms with Crippen molar-refractivity contribution in [3.05, 3.63) is 59.0 Å². The molecule has 1 aliphatic heterocycles. The van der Waals surface area contributed by atoms with E-state index in [9.17, 15) is 0 Å². The molecular formula is C14H12O. The zero-order valence-corrected chi connectivity index (χ0v) is 8.34. The van der Waals surface area contributed by atoms with Gasteiger partial charge in [0.1, 0.15) is 6.10 Å². The van der Waals surface area contributed by atoms with E-state index < -0.39 is 0 Å². The number of hydrogen-bond acceptors (Lipinski definition) is 1. The van der Waals surface area contributed by atoms with Gasteiger partial charge in [0.05, 0.1) is 6.26 Å². The van der Waals surface area contributed by atoms with Gasteiger partial charge in [-0.05, 0) is 11.3 Å².